The van der Waals surface area contributed by atoms with E-state index in [2.05, 4.69) is 25.1 Å². The maximum atomic E-state index is 5.81. The van der Waals surface area contributed by atoms with Crippen LogP contribution in [0.3, 0.4) is 0 Å². The Labute approximate surface area is 86.3 Å². The molecular formula is C13H19N. The highest BCUT2D eigenvalue weighted by Crippen LogP contribution is 2.37. The highest BCUT2D eigenvalue weighted by molar-refractivity contribution is 5.42. The average molecular weight is 189 g/mol. The predicted molar refractivity (Wildman–Crippen MR) is 61.2 cm³/mol. The van der Waals surface area contributed by atoms with Crippen molar-refractivity contribution in [1.29, 1.82) is 0 Å². The van der Waals surface area contributed by atoms with Crippen LogP contribution in [0.4, 0.5) is 5.69 Å². The van der Waals surface area contributed by atoms with Crippen LogP contribution in [0.15, 0.2) is 24.3 Å². The van der Waals surface area contributed by atoms with Gasteiger partial charge in [0.15, 0.2) is 0 Å². The van der Waals surface area contributed by atoms with Gasteiger partial charge < -0.3 is 5.73 Å². The summed E-state index contributed by atoms with van der Waals surface area (Å²) in [4.78, 5) is 0. The Morgan fingerprint density at radius 3 is 2.71 bits per heavy atom. The van der Waals surface area contributed by atoms with Gasteiger partial charge in [-0.3, -0.25) is 0 Å². The Kier molecular flexibility index (Phi) is 2.76. The van der Waals surface area contributed by atoms with Gasteiger partial charge in [-0.1, -0.05) is 38.3 Å². The molecule has 0 bridgehead atoms. The normalized spacial score (nSPS) is 27.5. The molecule has 2 N–H and O–H groups in total. The number of nitrogen functional groups attached to an aromatic ring is 1. The van der Waals surface area contributed by atoms with E-state index in [1.54, 1.807) is 0 Å². The first kappa shape index (κ1) is 9.57. The molecule has 0 aliphatic heterocycles. The summed E-state index contributed by atoms with van der Waals surface area (Å²) < 4.78 is 0. The van der Waals surface area contributed by atoms with E-state index in [9.17, 15) is 0 Å². The van der Waals surface area contributed by atoms with E-state index >= 15 is 0 Å². The number of hydrogen-bond acceptors (Lipinski definition) is 1. The maximum Gasteiger partial charge on any atom is 0.0316 e. The molecule has 1 nitrogen and oxygen atoms in total. The van der Waals surface area contributed by atoms with Crippen molar-refractivity contribution in [3.05, 3.63) is 29.8 Å². The third-order valence-corrected chi connectivity index (χ3v) is 3.45. The predicted octanol–water partition coefficient (Wildman–Crippen LogP) is 3.56. The molecule has 1 heteroatoms. The molecule has 0 heterocycles. The van der Waals surface area contributed by atoms with Crippen molar-refractivity contribution in [2.24, 2.45) is 5.92 Å². The third-order valence-electron chi connectivity index (χ3n) is 3.45. The lowest BCUT2D eigenvalue weighted by molar-refractivity contribution is 0.331. The fourth-order valence-corrected chi connectivity index (χ4v) is 2.60. The van der Waals surface area contributed by atoms with Gasteiger partial charge in [0.2, 0.25) is 0 Å². The molecule has 2 rings (SSSR count). The molecule has 0 unspecified atom stereocenters. The summed E-state index contributed by atoms with van der Waals surface area (Å²) in [6.45, 7) is 2.37. The molecule has 1 saturated carbocycles. The van der Waals surface area contributed by atoms with Crippen molar-refractivity contribution in [1.82, 2.24) is 0 Å². The lowest BCUT2D eigenvalue weighted by atomic mass is 9.76. The van der Waals surface area contributed by atoms with Gasteiger partial charge in [-0.05, 0) is 36.0 Å². The van der Waals surface area contributed by atoms with E-state index in [0.717, 1.165) is 17.5 Å². The molecule has 76 valence electrons. The molecule has 0 saturated heterocycles. The number of hydrogen-bond donors (Lipinski definition) is 1. The first-order chi connectivity index (χ1) is 6.77. The number of rotatable bonds is 1. The van der Waals surface area contributed by atoms with Crippen LogP contribution in [-0.2, 0) is 0 Å². The van der Waals surface area contributed by atoms with Crippen molar-refractivity contribution >= 4 is 5.69 Å². The zero-order valence-corrected chi connectivity index (χ0v) is 8.87. The second-order valence-electron chi connectivity index (χ2n) is 4.54. The molecule has 0 aromatic heterocycles. The first-order valence-corrected chi connectivity index (χ1v) is 5.63. The zero-order valence-electron chi connectivity index (χ0n) is 8.87. The molecule has 14 heavy (non-hydrogen) atoms. The average Bonchev–Trinajstić information content (AvgIpc) is 2.18. The summed E-state index contributed by atoms with van der Waals surface area (Å²) in [7, 11) is 0. The molecular weight excluding hydrogens is 170 g/mol. The van der Waals surface area contributed by atoms with Crippen LogP contribution >= 0.6 is 0 Å². The fraction of sp³-hybridized carbons (Fsp3) is 0.538. The third kappa shape index (κ3) is 1.92. The Bertz CT molecular complexity index is 306. The Balaban J connectivity index is 2.20. The van der Waals surface area contributed by atoms with Crippen molar-refractivity contribution in [3.8, 4) is 0 Å². The molecule has 1 aromatic rings. The van der Waals surface area contributed by atoms with Gasteiger partial charge in [0.05, 0.1) is 0 Å². The van der Waals surface area contributed by atoms with E-state index in [0.29, 0.717) is 0 Å². The number of anilines is 1. The molecule has 0 spiro atoms. The van der Waals surface area contributed by atoms with Gasteiger partial charge in [-0.15, -0.1) is 0 Å². The van der Waals surface area contributed by atoms with E-state index in [-0.39, 0.29) is 0 Å². The van der Waals surface area contributed by atoms with Crippen LogP contribution in [0.5, 0.6) is 0 Å². The second-order valence-corrected chi connectivity index (χ2v) is 4.54. The highest BCUT2D eigenvalue weighted by atomic mass is 14.5. The Morgan fingerprint density at radius 2 is 2.00 bits per heavy atom. The van der Waals surface area contributed by atoms with E-state index in [1.165, 1.54) is 31.2 Å². The van der Waals surface area contributed by atoms with Gasteiger partial charge in [0, 0.05) is 5.69 Å². The van der Waals surface area contributed by atoms with Crippen LogP contribution in [0.1, 0.15) is 44.1 Å². The smallest absolute Gasteiger partial charge is 0.0316 e. The monoisotopic (exact) mass is 189 g/mol. The van der Waals surface area contributed by atoms with E-state index in [4.69, 9.17) is 5.73 Å². The van der Waals surface area contributed by atoms with Crippen molar-refractivity contribution in [2.45, 2.75) is 38.5 Å². The highest BCUT2D eigenvalue weighted by Gasteiger charge is 2.22. The van der Waals surface area contributed by atoms with Crippen LogP contribution < -0.4 is 5.73 Å². The topological polar surface area (TPSA) is 26.0 Å². The number of nitrogens with two attached hydrogens (primary N) is 1. The van der Waals surface area contributed by atoms with Gasteiger partial charge in [0.25, 0.3) is 0 Å². The molecule has 1 aromatic carbocycles. The van der Waals surface area contributed by atoms with Crippen molar-refractivity contribution in [2.75, 3.05) is 5.73 Å². The fourth-order valence-electron chi connectivity index (χ4n) is 2.60. The van der Waals surface area contributed by atoms with Gasteiger partial charge in [0.1, 0.15) is 0 Å². The Hall–Kier alpha value is -0.980. The van der Waals surface area contributed by atoms with E-state index in [1.807, 2.05) is 6.07 Å². The minimum atomic E-state index is 0.743. The van der Waals surface area contributed by atoms with Crippen LogP contribution in [0, 0.1) is 5.92 Å². The zero-order chi connectivity index (χ0) is 9.97. The molecule has 2 atom stereocenters. The minimum Gasteiger partial charge on any atom is -0.399 e. The standard InChI is InChI=1S/C13H19N/c1-10-5-2-3-8-13(10)11-6-4-7-12(14)9-11/h4,6-7,9-10,13H,2-3,5,8,14H2,1H3/t10-,13+/m1/s1. The summed E-state index contributed by atoms with van der Waals surface area (Å²) >= 11 is 0. The second kappa shape index (κ2) is 4.04. The largest absolute Gasteiger partial charge is 0.399 e. The van der Waals surface area contributed by atoms with Crippen molar-refractivity contribution < 1.29 is 0 Å². The maximum absolute atomic E-state index is 5.81. The SMILES string of the molecule is C[C@@H]1CCCC[C@@H]1c1cccc(N)c1. The summed E-state index contributed by atoms with van der Waals surface area (Å²) in [5.41, 5.74) is 8.16. The van der Waals surface area contributed by atoms with Crippen LogP contribution in [0.2, 0.25) is 0 Å². The van der Waals surface area contributed by atoms with Crippen LogP contribution in [-0.4, -0.2) is 0 Å². The van der Waals surface area contributed by atoms with Gasteiger partial charge in [-0.25, -0.2) is 0 Å². The Morgan fingerprint density at radius 1 is 1.21 bits per heavy atom. The summed E-state index contributed by atoms with van der Waals surface area (Å²) in [6.07, 6.45) is 5.49. The first-order valence-electron chi connectivity index (χ1n) is 5.63. The quantitative estimate of drug-likeness (QED) is 0.672. The van der Waals surface area contributed by atoms with Gasteiger partial charge >= 0.3 is 0 Å². The lowest BCUT2D eigenvalue weighted by Gasteiger charge is -2.29. The summed E-state index contributed by atoms with van der Waals surface area (Å²) in [5, 5.41) is 0. The lowest BCUT2D eigenvalue weighted by Crippen LogP contribution is -2.14. The summed E-state index contributed by atoms with van der Waals surface area (Å²) in [5.74, 6) is 1.57. The minimum absolute atomic E-state index is 0.743. The van der Waals surface area contributed by atoms with E-state index < -0.39 is 0 Å². The molecule has 0 amide bonds. The molecule has 1 fully saturated rings. The summed E-state index contributed by atoms with van der Waals surface area (Å²) in [6, 6.07) is 8.41. The van der Waals surface area contributed by atoms with Gasteiger partial charge in [-0.2, -0.15) is 0 Å². The van der Waals surface area contributed by atoms with Crippen LogP contribution in [0.25, 0.3) is 0 Å². The number of benzene rings is 1. The van der Waals surface area contributed by atoms with Crippen molar-refractivity contribution in [3.63, 3.8) is 0 Å². The molecule has 1 aliphatic rings. The molecule has 0 radical (unpaired) electrons. The molecule has 1 aliphatic carbocycles.